The monoisotopic (exact) mass is 532 g/mol. The molecule has 0 aliphatic carbocycles. The fraction of sp³-hybridized carbons (Fsp3) is 0.233. The van der Waals surface area contributed by atoms with Gasteiger partial charge < -0.3 is 14.9 Å². The molecule has 10 heteroatoms. The van der Waals surface area contributed by atoms with Gasteiger partial charge in [0.25, 0.3) is 5.91 Å². The number of piperazine rings is 1. The van der Waals surface area contributed by atoms with Crippen LogP contribution in [-0.4, -0.2) is 72.3 Å². The maximum Gasteiger partial charge on any atom is 0.251 e. The van der Waals surface area contributed by atoms with Crippen LogP contribution in [-0.2, 0) is 18.3 Å². The van der Waals surface area contributed by atoms with Gasteiger partial charge in [-0.1, -0.05) is 30.3 Å². The smallest absolute Gasteiger partial charge is 0.251 e. The Hall–Kier alpha value is -5.01. The predicted octanol–water partition coefficient (Wildman–Crippen LogP) is 2.92. The van der Waals surface area contributed by atoms with Gasteiger partial charge in [-0.3, -0.25) is 13.9 Å². The first-order valence-electron chi connectivity index (χ1n) is 13.1. The summed E-state index contributed by atoms with van der Waals surface area (Å²) in [5.74, 6) is 0.574. The number of aryl methyl sites for hydroxylation is 1. The number of pyridine rings is 2. The zero-order chi connectivity index (χ0) is 27.6. The van der Waals surface area contributed by atoms with Crippen molar-refractivity contribution in [2.75, 3.05) is 31.1 Å². The lowest BCUT2D eigenvalue weighted by atomic mass is 10.1. The van der Waals surface area contributed by atoms with Gasteiger partial charge in [-0.25, -0.2) is 9.97 Å². The van der Waals surface area contributed by atoms with Gasteiger partial charge in [0.2, 0.25) is 0 Å². The summed E-state index contributed by atoms with van der Waals surface area (Å²) in [6.45, 7) is 2.28. The molecule has 1 atom stereocenters. The Morgan fingerprint density at radius 2 is 1.77 bits per heavy atom. The van der Waals surface area contributed by atoms with E-state index >= 15 is 0 Å². The molecule has 0 radical (unpaired) electrons. The lowest BCUT2D eigenvalue weighted by molar-refractivity contribution is -0.140. The number of amides is 1. The number of nitriles is 1. The van der Waals surface area contributed by atoms with Gasteiger partial charge in [-0.15, -0.1) is 0 Å². The van der Waals surface area contributed by atoms with Crippen LogP contribution >= 0.6 is 0 Å². The molecule has 0 bridgehead atoms. The van der Waals surface area contributed by atoms with E-state index < -0.39 is 6.10 Å². The number of aromatic nitrogens is 5. The van der Waals surface area contributed by atoms with E-state index in [1.807, 2.05) is 72.2 Å². The van der Waals surface area contributed by atoms with Crippen molar-refractivity contribution in [3.8, 4) is 28.5 Å². The summed E-state index contributed by atoms with van der Waals surface area (Å²) in [6, 6.07) is 19.7. The van der Waals surface area contributed by atoms with E-state index in [0.29, 0.717) is 43.9 Å². The minimum Gasteiger partial charge on any atom is -0.383 e. The molecule has 1 saturated heterocycles. The number of imidazole rings is 1. The number of benzene rings is 1. The Morgan fingerprint density at radius 3 is 2.45 bits per heavy atom. The molecule has 0 saturated carbocycles. The Balaban J connectivity index is 1.18. The van der Waals surface area contributed by atoms with Crippen molar-refractivity contribution >= 4 is 17.4 Å². The molecule has 200 valence electrons. The van der Waals surface area contributed by atoms with Crippen LogP contribution in [0.4, 0.5) is 5.82 Å². The molecule has 40 heavy (non-hydrogen) atoms. The number of hydrogen-bond donors (Lipinski definition) is 1. The Kier molecular flexibility index (Phi) is 6.72. The summed E-state index contributed by atoms with van der Waals surface area (Å²) in [5, 5.41) is 24.5. The summed E-state index contributed by atoms with van der Waals surface area (Å²) in [4.78, 5) is 25.9. The molecule has 4 aromatic heterocycles. The van der Waals surface area contributed by atoms with Crippen molar-refractivity contribution in [3.63, 3.8) is 0 Å². The number of nitrogens with zero attached hydrogens (tertiary/aromatic N) is 8. The first kappa shape index (κ1) is 25.3. The summed E-state index contributed by atoms with van der Waals surface area (Å²) in [6.07, 6.45) is 6.38. The van der Waals surface area contributed by atoms with Crippen LogP contribution in [0.1, 0.15) is 11.3 Å². The molecule has 1 N–H and O–H groups in total. The molecule has 1 aliphatic rings. The van der Waals surface area contributed by atoms with Crippen LogP contribution in [0.3, 0.4) is 0 Å². The Bertz CT molecular complexity index is 1690. The van der Waals surface area contributed by atoms with Gasteiger partial charge in [-0.2, -0.15) is 10.4 Å². The van der Waals surface area contributed by atoms with E-state index in [4.69, 9.17) is 4.98 Å². The first-order chi connectivity index (χ1) is 19.5. The highest BCUT2D eigenvalue weighted by molar-refractivity contribution is 5.81. The van der Waals surface area contributed by atoms with Crippen LogP contribution in [0.5, 0.6) is 0 Å². The molecule has 5 heterocycles. The minimum atomic E-state index is -1.05. The third kappa shape index (κ3) is 4.90. The van der Waals surface area contributed by atoms with Crippen molar-refractivity contribution in [1.82, 2.24) is 29.0 Å². The molecule has 1 aromatic carbocycles. The second kappa shape index (κ2) is 10.6. The van der Waals surface area contributed by atoms with Gasteiger partial charge in [0, 0.05) is 63.2 Å². The van der Waals surface area contributed by atoms with Gasteiger partial charge >= 0.3 is 0 Å². The number of hydrogen-bond acceptors (Lipinski definition) is 7. The van der Waals surface area contributed by atoms with E-state index in [1.54, 1.807) is 28.2 Å². The van der Waals surface area contributed by atoms with Crippen LogP contribution in [0, 0.1) is 11.3 Å². The lowest BCUT2D eigenvalue weighted by Crippen LogP contribution is -2.52. The fourth-order valence-corrected chi connectivity index (χ4v) is 5.16. The van der Waals surface area contributed by atoms with E-state index in [0.717, 1.165) is 33.8 Å². The molecule has 1 amide bonds. The highest BCUT2D eigenvalue weighted by Gasteiger charge is 2.27. The summed E-state index contributed by atoms with van der Waals surface area (Å²) in [7, 11) is 1.87. The number of fused-ring (bicyclic) bond motifs is 1. The number of aliphatic hydroxyl groups excluding tert-OH is 1. The standard InChI is InChI=1S/C30H28N8O2/c1-35-20-24(18-34-35)23-14-26(38-25(16-31)19-33-29(38)15-23)22-7-8-28(32-17-22)36-9-11-37(12-10-36)30(40)27(39)13-21-5-3-2-4-6-21/h2-8,14-15,17-20,27,39H,9-13H2,1H3/t27-/m0/s1. The number of aliphatic hydroxyl groups is 1. The normalized spacial score (nSPS) is 14.3. The SMILES string of the molecule is Cn1cc(-c2cc(-c3ccc(N4CCN(C(=O)[C@@H](O)Cc5ccccc5)CC4)nc3)n3c(C#N)cnc3c2)cn1. The van der Waals surface area contributed by atoms with Crippen LogP contribution in [0.15, 0.2) is 79.4 Å². The summed E-state index contributed by atoms with van der Waals surface area (Å²) in [5.41, 5.74) is 5.63. The van der Waals surface area contributed by atoms with Crippen molar-refractivity contribution in [2.24, 2.45) is 7.05 Å². The van der Waals surface area contributed by atoms with Gasteiger partial charge in [0.05, 0.1) is 18.1 Å². The zero-order valence-electron chi connectivity index (χ0n) is 22.1. The number of rotatable bonds is 6. The lowest BCUT2D eigenvalue weighted by Gasteiger charge is -2.36. The largest absolute Gasteiger partial charge is 0.383 e. The molecule has 1 fully saturated rings. The van der Waals surface area contributed by atoms with Crippen LogP contribution in [0.2, 0.25) is 0 Å². The quantitative estimate of drug-likeness (QED) is 0.358. The van der Waals surface area contributed by atoms with Crippen molar-refractivity contribution in [3.05, 3.63) is 90.6 Å². The zero-order valence-corrected chi connectivity index (χ0v) is 22.1. The fourth-order valence-electron chi connectivity index (χ4n) is 5.16. The topological polar surface area (TPSA) is 116 Å². The number of anilines is 1. The Labute approximate surface area is 231 Å². The van der Waals surface area contributed by atoms with Gasteiger partial charge in [-0.05, 0) is 35.4 Å². The maximum atomic E-state index is 12.8. The highest BCUT2D eigenvalue weighted by atomic mass is 16.3. The van der Waals surface area contributed by atoms with E-state index in [9.17, 15) is 15.2 Å². The predicted molar refractivity (Wildman–Crippen MR) is 150 cm³/mol. The molecule has 1 aliphatic heterocycles. The Morgan fingerprint density at radius 1 is 0.975 bits per heavy atom. The van der Waals surface area contributed by atoms with Gasteiger partial charge in [0.1, 0.15) is 29.3 Å². The van der Waals surface area contributed by atoms with E-state index in [2.05, 4.69) is 21.1 Å². The van der Waals surface area contributed by atoms with Crippen molar-refractivity contribution in [2.45, 2.75) is 12.5 Å². The van der Waals surface area contributed by atoms with Gasteiger partial charge in [0.15, 0.2) is 0 Å². The second-order valence-electron chi connectivity index (χ2n) is 9.90. The summed E-state index contributed by atoms with van der Waals surface area (Å²) < 4.78 is 3.58. The second-order valence-corrected chi connectivity index (χ2v) is 9.90. The average Bonchev–Trinajstić information content (AvgIpc) is 3.63. The van der Waals surface area contributed by atoms with E-state index in [-0.39, 0.29) is 5.91 Å². The van der Waals surface area contributed by atoms with Crippen molar-refractivity contribution in [1.29, 1.82) is 5.26 Å². The molecule has 0 unspecified atom stereocenters. The van der Waals surface area contributed by atoms with Crippen LogP contribution in [0.25, 0.3) is 28.0 Å². The molecule has 10 nitrogen and oxygen atoms in total. The molecule has 6 rings (SSSR count). The minimum absolute atomic E-state index is 0.238. The molecule has 5 aromatic rings. The summed E-state index contributed by atoms with van der Waals surface area (Å²) >= 11 is 0. The third-order valence-corrected chi connectivity index (χ3v) is 7.28. The van der Waals surface area contributed by atoms with Crippen molar-refractivity contribution < 1.29 is 9.90 Å². The number of carbonyl (C=O) groups excluding carboxylic acids is 1. The molecular formula is C30H28N8O2. The molecular weight excluding hydrogens is 504 g/mol. The van der Waals surface area contributed by atoms with Crippen LogP contribution < -0.4 is 4.90 Å². The maximum absolute atomic E-state index is 12.8. The van der Waals surface area contributed by atoms with E-state index in [1.165, 1.54) is 0 Å². The molecule has 0 spiro atoms. The first-order valence-corrected chi connectivity index (χ1v) is 13.1. The highest BCUT2D eigenvalue weighted by Crippen LogP contribution is 2.30. The average molecular weight is 533 g/mol. The number of carbonyl (C=O) groups is 1. The third-order valence-electron chi connectivity index (χ3n) is 7.28.